The Bertz CT molecular complexity index is 408. The topological polar surface area (TPSA) is 15.3 Å². The van der Waals surface area contributed by atoms with Crippen molar-refractivity contribution in [3.05, 3.63) is 29.3 Å². The molecule has 19 heavy (non-hydrogen) atoms. The number of hydrogen-bond acceptors (Lipinski definition) is 2. The number of nitrogens with zero attached hydrogens (tertiary/aromatic N) is 1. The fraction of sp³-hybridized carbons (Fsp3) is 0.647. The maximum atomic E-state index is 3.57. The predicted octanol–water partition coefficient (Wildman–Crippen LogP) is 3.59. The molecule has 1 saturated carbocycles. The molecule has 0 amide bonds. The van der Waals surface area contributed by atoms with Crippen LogP contribution in [0.2, 0.25) is 0 Å². The van der Waals surface area contributed by atoms with Crippen LogP contribution in [0.4, 0.5) is 5.69 Å². The van der Waals surface area contributed by atoms with Crippen molar-refractivity contribution in [2.75, 3.05) is 25.0 Å². The first-order valence-electron chi connectivity index (χ1n) is 7.57. The van der Waals surface area contributed by atoms with Crippen LogP contribution in [0.5, 0.6) is 0 Å². The monoisotopic (exact) mass is 260 g/mol. The molecule has 1 fully saturated rings. The summed E-state index contributed by atoms with van der Waals surface area (Å²) in [4.78, 5) is 2.43. The Morgan fingerprint density at radius 2 is 2.05 bits per heavy atom. The lowest BCUT2D eigenvalue weighted by atomic mass is 10.1. The zero-order valence-corrected chi connectivity index (χ0v) is 12.9. The number of hydrogen-bond donors (Lipinski definition) is 1. The Morgan fingerprint density at radius 1 is 1.32 bits per heavy atom. The normalized spacial score (nSPS) is 15.0. The molecule has 1 aromatic carbocycles. The summed E-state index contributed by atoms with van der Waals surface area (Å²) in [5.41, 5.74) is 4.18. The minimum absolute atomic E-state index is 0.706. The average molecular weight is 260 g/mol. The summed E-state index contributed by atoms with van der Waals surface area (Å²) in [5.74, 6) is 1.64. The number of benzene rings is 1. The summed E-state index contributed by atoms with van der Waals surface area (Å²) in [7, 11) is 2.23. The molecule has 2 rings (SSSR count). The van der Waals surface area contributed by atoms with Gasteiger partial charge in [-0.25, -0.2) is 0 Å². The molecule has 106 valence electrons. The van der Waals surface area contributed by atoms with Crippen molar-refractivity contribution in [1.29, 1.82) is 0 Å². The summed E-state index contributed by atoms with van der Waals surface area (Å²) in [6.45, 7) is 9.95. The Labute approximate surface area is 118 Å². The summed E-state index contributed by atoms with van der Waals surface area (Å²) in [6.07, 6.45) is 2.83. The zero-order chi connectivity index (χ0) is 13.8. The molecular weight excluding hydrogens is 232 g/mol. The lowest BCUT2D eigenvalue weighted by Gasteiger charge is -2.23. The van der Waals surface area contributed by atoms with E-state index in [-0.39, 0.29) is 0 Å². The molecule has 1 aliphatic carbocycles. The molecule has 0 aliphatic heterocycles. The van der Waals surface area contributed by atoms with Gasteiger partial charge in [0.1, 0.15) is 0 Å². The highest BCUT2D eigenvalue weighted by molar-refractivity contribution is 5.54. The molecule has 1 aliphatic rings. The van der Waals surface area contributed by atoms with Crippen LogP contribution in [0.1, 0.15) is 37.8 Å². The number of aryl methyl sites for hydroxylation is 1. The Morgan fingerprint density at radius 3 is 2.68 bits per heavy atom. The van der Waals surface area contributed by atoms with Crippen molar-refractivity contribution in [3.63, 3.8) is 0 Å². The second-order valence-electron chi connectivity index (χ2n) is 6.48. The third-order valence-corrected chi connectivity index (χ3v) is 3.74. The Kier molecular flexibility index (Phi) is 4.87. The molecule has 0 saturated heterocycles. The van der Waals surface area contributed by atoms with E-state index in [4.69, 9.17) is 0 Å². The lowest BCUT2D eigenvalue weighted by Crippen LogP contribution is -2.24. The van der Waals surface area contributed by atoms with Crippen molar-refractivity contribution in [1.82, 2.24) is 5.32 Å². The molecule has 0 heterocycles. The van der Waals surface area contributed by atoms with Crippen LogP contribution in [0.15, 0.2) is 18.2 Å². The summed E-state index contributed by atoms with van der Waals surface area (Å²) in [6, 6.07) is 6.83. The van der Waals surface area contributed by atoms with Gasteiger partial charge in [-0.3, -0.25) is 0 Å². The summed E-state index contributed by atoms with van der Waals surface area (Å²) < 4.78 is 0. The van der Waals surface area contributed by atoms with Gasteiger partial charge in [0.15, 0.2) is 0 Å². The second-order valence-corrected chi connectivity index (χ2v) is 6.48. The van der Waals surface area contributed by atoms with Crippen LogP contribution < -0.4 is 10.2 Å². The summed E-state index contributed by atoms with van der Waals surface area (Å²) >= 11 is 0. The maximum Gasteiger partial charge on any atom is 0.0409 e. The highest BCUT2D eigenvalue weighted by Gasteiger charge is 2.23. The SMILES string of the molecule is Cc1ccc(N(C)CC2CC2)c(CNCC(C)C)c1. The van der Waals surface area contributed by atoms with E-state index in [1.807, 2.05) is 0 Å². The second kappa shape index (κ2) is 6.42. The fourth-order valence-electron chi connectivity index (χ4n) is 2.51. The van der Waals surface area contributed by atoms with Crippen LogP contribution in [0.3, 0.4) is 0 Å². The number of rotatable bonds is 7. The van der Waals surface area contributed by atoms with Crippen molar-refractivity contribution in [2.45, 2.75) is 40.2 Å². The van der Waals surface area contributed by atoms with E-state index in [0.29, 0.717) is 5.92 Å². The number of anilines is 1. The van der Waals surface area contributed by atoms with Gasteiger partial charge in [0.25, 0.3) is 0 Å². The van der Waals surface area contributed by atoms with E-state index in [9.17, 15) is 0 Å². The molecule has 1 N–H and O–H groups in total. The quantitative estimate of drug-likeness (QED) is 0.806. The van der Waals surface area contributed by atoms with Crippen LogP contribution in [-0.4, -0.2) is 20.1 Å². The first kappa shape index (κ1) is 14.4. The van der Waals surface area contributed by atoms with Crippen molar-refractivity contribution in [2.24, 2.45) is 11.8 Å². The number of nitrogens with one attached hydrogen (secondary N) is 1. The first-order chi connectivity index (χ1) is 9.06. The Hall–Kier alpha value is -1.02. The minimum Gasteiger partial charge on any atom is -0.374 e. The molecule has 0 radical (unpaired) electrons. The van der Waals surface area contributed by atoms with Crippen LogP contribution >= 0.6 is 0 Å². The van der Waals surface area contributed by atoms with Gasteiger partial charge in [0.2, 0.25) is 0 Å². The molecule has 0 aromatic heterocycles. The molecule has 0 unspecified atom stereocenters. The van der Waals surface area contributed by atoms with E-state index < -0.39 is 0 Å². The van der Waals surface area contributed by atoms with Gasteiger partial charge in [-0.1, -0.05) is 31.5 Å². The van der Waals surface area contributed by atoms with Gasteiger partial charge < -0.3 is 10.2 Å². The van der Waals surface area contributed by atoms with Crippen LogP contribution in [0, 0.1) is 18.8 Å². The van der Waals surface area contributed by atoms with Crippen LogP contribution in [0.25, 0.3) is 0 Å². The fourth-order valence-corrected chi connectivity index (χ4v) is 2.51. The standard InChI is InChI=1S/C17H28N2/c1-13(2)10-18-11-16-9-14(3)5-8-17(16)19(4)12-15-6-7-15/h5,8-9,13,15,18H,6-7,10-12H2,1-4H3. The largest absolute Gasteiger partial charge is 0.374 e. The van der Waals surface area contributed by atoms with Gasteiger partial charge in [0.05, 0.1) is 0 Å². The molecular formula is C17H28N2. The Balaban J connectivity index is 2.02. The van der Waals surface area contributed by atoms with Crippen molar-refractivity contribution >= 4 is 5.69 Å². The third-order valence-electron chi connectivity index (χ3n) is 3.74. The van der Waals surface area contributed by atoms with E-state index in [0.717, 1.165) is 19.0 Å². The third kappa shape index (κ3) is 4.54. The highest BCUT2D eigenvalue weighted by Crippen LogP contribution is 2.32. The van der Waals surface area contributed by atoms with Crippen LogP contribution in [-0.2, 0) is 6.54 Å². The van der Waals surface area contributed by atoms with Gasteiger partial charge in [-0.15, -0.1) is 0 Å². The zero-order valence-electron chi connectivity index (χ0n) is 12.9. The summed E-state index contributed by atoms with van der Waals surface area (Å²) in [5, 5.41) is 3.57. The van der Waals surface area contributed by atoms with E-state index in [1.165, 1.54) is 36.2 Å². The molecule has 2 nitrogen and oxygen atoms in total. The van der Waals surface area contributed by atoms with Crippen molar-refractivity contribution in [3.8, 4) is 0 Å². The van der Waals surface area contributed by atoms with Gasteiger partial charge in [-0.2, -0.15) is 0 Å². The smallest absolute Gasteiger partial charge is 0.0409 e. The predicted molar refractivity (Wildman–Crippen MR) is 83.7 cm³/mol. The van der Waals surface area contributed by atoms with Crippen molar-refractivity contribution < 1.29 is 0 Å². The highest BCUT2D eigenvalue weighted by atomic mass is 15.1. The average Bonchev–Trinajstić information content (AvgIpc) is 3.12. The molecule has 0 atom stereocenters. The van der Waals surface area contributed by atoms with E-state index in [2.05, 4.69) is 56.2 Å². The molecule has 1 aromatic rings. The molecule has 0 spiro atoms. The van der Waals surface area contributed by atoms with E-state index >= 15 is 0 Å². The minimum atomic E-state index is 0.706. The van der Waals surface area contributed by atoms with E-state index in [1.54, 1.807) is 0 Å². The first-order valence-corrected chi connectivity index (χ1v) is 7.57. The maximum absolute atomic E-state index is 3.57. The van der Waals surface area contributed by atoms with Gasteiger partial charge >= 0.3 is 0 Å². The van der Waals surface area contributed by atoms with Gasteiger partial charge in [0, 0.05) is 25.8 Å². The molecule has 2 heteroatoms. The lowest BCUT2D eigenvalue weighted by molar-refractivity contribution is 0.552. The molecule has 0 bridgehead atoms. The van der Waals surface area contributed by atoms with Gasteiger partial charge in [-0.05, 0) is 49.8 Å².